The Morgan fingerprint density at radius 1 is 0.968 bits per heavy atom. The van der Waals surface area contributed by atoms with E-state index < -0.39 is 0 Å². The lowest BCUT2D eigenvalue weighted by Crippen LogP contribution is -2.17. The fourth-order valence-electron chi connectivity index (χ4n) is 2.92. The van der Waals surface area contributed by atoms with Crippen LogP contribution in [0.3, 0.4) is 0 Å². The second-order valence-electron chi connectivity index (χ2n) is 7.44. The first-order chi connectivity index (χ1) is 15.0. The van der Waals surface area contributed by atoms with Gasteiger partial charge in [0.1, 0.15) is 6.61 Å². The van der Waals surface area contributed by atoms with E-state index >= 15 is 0 Å². The third-order valence-electron chi connectivity index (χ3n) is 4.74. The summed E-state index contributed by atoms with van der Waals surface area (Å²) >= 11 is 5.96. The summed E-state index contributed by atoms with van der Waals surface area (Å²) in [4.78, 5) is 11.8. The van der Waals surface area contributed by atoms with Crippen LogP contribution in [0.4, 0.5) is 11.4 Å². The van der Waals surface area contributed by atoms with Gasteiger partial charge < -0.3 is 20.1 Å². The molecule has 0 aliphatic heterocycles. The molecule has 0 spiro atoms. The fraction of sp³-hybridized carbons (Fsp3) is 0.240. The summed E-state index contributed by atoms with van der Waals surface area (Å²) in [7, 11) is 1.63. The Bertz CT molecular complexity index is 1000. The molecule has 0 bridgehead atoms. The Labute approximate surface area is 188 Å². The molecule has 1 amide bonds. The number of anilines is 2. The molecule has 0 aliphatic carbocycles. The summed E-state index contributed by atoms with van der Waals surface area (Å²) < 4.78 is 11.6. The molecule has 0 unspecified atom stereocenters. The second-order valence-corrected chi connectivity index (χ2v) is 7.87. The van der Waals surface area contributed by atoms with E-state index in [-0.39, 0.29) is 11.8 Å². The molecule has 3 aromatic carbocycles. The molecule has 0 saturated carbocycles. The van der Waals surface area contributed by atoms with Crippen molar-refractivity contribution >= 4 is 28.9 Å². The van der Waals surface area contributed by atoms with Crippen molar-refractivity contribution in [1.29, 1.82) is 0 Å². The molecular formula is C25H27ClN2O3. The molecule has 0 aromatic heterocycles. The van der Waals surface area contributed by atoms with Crippen LogP contribution < -0.4 is 20.1 Å². The van der Waals surface area contributed by atoms with Crippen molar-refractivity contribution in [3.05, 3.63) is 82.9 Å². The third-order valence-corrected chi connectivity index (χ3v) is 4.99. The van der Waals surface area contributed by atoms with E-state index in [2.05, 4.69) is 10.6 Å². The van der Waals surface area contributed by atoms with Crippen LogP contribution in [0.5, 0.6) is 11.5 Å². The number of benzene rings is 3. The van der Waals surface area contributed by atoms with E-state index in [4.69, 9.17) is 21.1 Å². The van der Waals surface area contributed by atoms with Gasteiger partial charge in [0.05, 0.1) is 7.11 Å². The molecule has 31 heavy (non-hydrogen) atoms. The van der Waals surface area contributed by atoms with Crippen LogP contribution in [0.15, 0.2) is 66.7 Å². The first-order valence-electron chi connectivity index (χ1n) is 10.1. The van der Waals surface area contributed by atoms with Gasteiger partial charge in [0, 0.05) is 34.4 Å². The van der Waals surface area contributed by atoms with Crippen molar-refractivity contribution in [3.8, 4) is 11.5 Å². The van der Waals surface area contributed by atoms with E-state index in [1.807, 2.05) is 80.6 Å². The van der Waals surface area contributed by atoms with Crippen molar-refractivity contribution in [1.82, 2.24) is 0 Å². The van der Waals surface area contributed by atoms with Crippen molar-refractivity contribution < 1.29 is 14.3 Å². The Morgan fingerprint density at radius 2 is 1.65 bits per heavy atom. The number of carbonyl (C=O) groups excluding carboxylic acids is 1. The van der Waals surface area contributed by atoms with Gasteiger partial charge in [-0.05, 0) is 48.0 Å². The average Bonchev–Trinajstić information content (AvgIpc) is 2.78. The number of methoxy groups -OCH3 is 1. The minimum Gasteiger partial charge on any atom is -0.493 e. The molecular weight excluding hydrogens is 412 g/mol. The molecule has 3 rings (SSSR count). The SMILES string of the molecule is COc1cccc(CNc2ccc(NC(=O)C(C)C)cc2)c1OCc1ccc(Cl)cc1. The van der Waals surface area contributed by atoms with Crippen LogP contribution in [0.2, 0.25) is 5.02 Å². The first kappa shape index (κ1) is 22.5. The number of para-hydroxylation sites is 1. The van der Waals surface area contributed by atoms with Gasteiger partial charge in [-0.2, -0.15) is 0 Å². The number of rotatable bonds is 9. The maximum absolute atomic E-state index is 11.8. The number of halogens is 1. The quantitative estimate of drug-likeness (QED) is 0.421. The summed E-state index contributed by atoms with van der Waals surface area (Å²) in [6.07, 6.45) is 0. The maximum atomic E-state index is 11.8. The Morgan fingerprint density at radius 3 is 2.29 bits per heavy atom. The summed E-state index contributed by atoms with van der Waals surface area (Å²) in [6, 6.07) is 21.0. The Hall–Kier alpha value is -3.18. The van der Waals surface area contributed by atoms with Crippen LogP contribution in [0.1, 0.15) is 25.0 Å². The van der Waals surface area contributed by atoms with Gasteiger partial charge >= 0.3 is 0 Å². The summed E-state index contributed by atoms with van der Waals surface area (Å²) in [6.45, 7) is 4.71. The highest BCUT2D eigenvalue weighted by Crippen LogP contribution is 2.32. The smallest absolute Gasteiger partial charge is 0.226 e. The van der Waals surface area contributed by atoms with Crippen LogP contribution in [0, 0.1) is 5.92 Å². The van der Waals surface area contributed by atoms with E-state index in [0.29, 0.717) is 29.7 Å². The van der Waals surface area contributed by atoms with Gasteiger partial charge in [-0.15, -0.1) is 0 Å². The zero-order valence-electron chi connectivity index (χ0n) is 17.9. The largest absolute Gasteiger partial charge is 0.493 e. The topological polar surface area (TPSA) is 59.6 Å². The van der Waals surface area contributed by atoms with Gasteiger partial charge in [0.15, 0.2) is 11.5 Å². The van der Waals surface area contributed by atoms with Crippen LogP contribution in [-0.2, 0) is 17.9 Å². The zero-order chi connectivity index (χ0) is 22.2. The lowest BCUT2D eigenvalue weighted by molar-refractivity contribution is -0.118. The van der Waals surface area contributed by atoms with E-state index in [1.54, 1.807) is 7.11 Å². The number of carbonyl (C=O) groups is 1. The maximum Gasteiger partial charge on any atom is 0.226 e. The predicted molar refractivity (Wildman–Crippen MR) is 126 cm³/mol. The molecule has 162 valence electrons. The molecule has 2 N–H and O–H groups in total. The van der Waals surface area contributed by atoms with Crippen molar-refractivity contribution in [2.24, 2.45) is 5.92 Å². The molecule has 0 saturated heterocycles. The van der Waals surface area contributed by atoms with E-state index in [0.717, 1.165) is 22.5 Å². The Balaban J connectivity index is 1.67. The molecule has 0 aliphatic rings. The molecule has 5 nitrogen and oxygen atoms in total. The zero-order valence-corrected chi connectivity index (χ0v) is 18.7. The normalized spacial score (nSPS) is 10.6. The third kappa shape index (κ3) is 6.40. The molecule has 0 radical (unpaired) electrons. The number of ether oxygens (including phenoxy) is 2. The second kappa shape index (κ2) is 10.7. The van der Waals surface area contributed by atoms with Crippen LogP contribution in [0.25, 0.3) is 0 Å². The standard InChI is InChI=1S/C25H27ClN2O3/c1-17(2)25(29)28-22-13-11-21(12-14-22)27-15-19-5-4-6-23(30-3)24(19)31-16-18-7-9-20(26)10-8-18/h4-14,17,27H,15-16H2,1-3H3,(H,28,29). The Kier molecular flexibility index (Phi) is 7.79. The fourth-order valence-corrected chi connectivity index (χ4v) is 3.04. The number of hydrogen-bond acceptors (Lipinski definition) is 4. The van der Waals surface area contributed by atoms with E-state index in [9.17, 15) is 4.79 Å². The molecule has 3 aromatic rings. The van der Waals surface area contributed by atoms with Crippen molar-refractivity contribution in [2.75, 3.05) is 17.7 Å². The molecule has 0 atom stereocenters. The minimum atomic E-state index is -0.0582. The molecule has 0 heterocycles. The molecule has 6 heteroatoms. The lowest BCUT2D eigenvalue weighted by Gasteiger charge is -2.16. The van der Waals surface area contributed by atoms with Gasteiger partial charge in [0.25, 0.3) is 0 Å². The van der Waals surface area contributed by atoms with Gasteiger partial charge in [-0.3, -0.25) is 4.79 Å². The van der Waals surface area contributed by atoms with Gasteiger partial charge in [-0.1, -0.05) is 49.7 Å². The number of amides is 1. The van der Waals surface area contributed by atoms with Gasteiger partial charge in [0.2, 0.25) is 5.91 Å². The minimum absolute atomic E-state index is 0.000400. The number of nitrogens with one attached hydrogen (secondary N) is 2. The highest BCUT2D eigenvalue weighted by Gasteiger charge is 2.11. The highest BCUT2D eigenvalue weighted by molar-refractivity contribution is 6.30. The summed E-state index contributed by atoms with van der Waals surface area (Å²) in [5.74, 6) is 1.32. The summed E-state index contributed by atoms with van der Waals surface area (Å²) in [5, 5.41) is 6.98. The first-order valence-corrected chi connectivity index (χ1v) is 10.5. The average molecular weight is 439 g/mol. The lowest BCUT2D eigenvalue weighted by atomic mass is 10.1. The van der Waals surface area contributed by atoms with Crippen LogP contribution >= 0.6 is 11.6 Å². The monoisotopic (exact) mass is 438 g/mol. The van der Waals surface area contributed by atoms with E-state index in [1.165, 1.54) is 0 Å². The van der Waals surface area contributed by atoms with Gasteiger partial charge in [-0.25, -0.2) is 0 Å². The van der Waals surface area contributed by atoms with Crippen molar-refractivity contribution in [3.63, 3.8) is 0 Å². The predicted octanol–water partition coefficient (Wildman–Crippen LogP) is 6.13. The van der Waals surface area contributed by atoms with Crippen molar-refractivity contribution in [2.45, 2.75) is 27.0 Å². The molecule has 0 fully saturated rings. The summed E-state index contributed by atoms with van der Waals surface area (Å²) in [5.41, 5.74) is 3.71. The van der Waals surface area contributed by atoms with Crippen LogP contribution in [-0.4, -0.2) is 13.0 Å². The highest BCUT2D eigenvalue weighted by atomic mass is 35.5. The number of hydrogen-bond donors (Lipinski definition) is 2.